The molecule has 0 saturated heterocycles. The number of carbonyl (C=O) groups is 1. The fourth-order valence-electron chi connectivity index (χ4n) is 6.95. The van der Waals surface area contributed by atoms with Gasteiger partial charge in [0.2, 0.25) is 0 Å². The molecule has 3 nitrogen and oxygen atoms in total. The second kappa shape index (κ2) is 6.98. The van der Waals surface area contributed by atoms with Crippen LogP contribution in [-0.2, 0) is 11.3 Å². The van der Waals surface area contributed by atoms with Crippen molar-refractivity contribution in [3.05, 3.63) is 59.7 Å². The van der Waals surface area contributed by atoms with Gasteiger partial charge in [0.1, 0.15) is 0 Å². The van der Waals surface area contributed by atoms with Crippen molar-refractivity contribution >= 4 is 5.97 Å². The van der Waals surface area contributed by atoms with E-state index in [1.165, 1.54) is 56.8 Å². The van der Waals surface area contributed by atoms with E-state index in [0.29, 0.717) is 16.5 Å². The third kappa shape index (κ3) is 3.61. The Kier molecular flexibility index (Phi) is 4.54. The fourth-order valence-corrected chi connectivity index (χ4v) is 6.95. The van der Waals surface area contributed by atoms with Crippen molar-refractivity contribution in [3.63, 3.8) is 0 Å². The number of benzene rings is 2. The summed E-state index contributed by atoms with van der Waals surface area (Å²) in [5, 5.41) is 4.00. The zero-order valence-electron chi connectivity index (χ0n) is 17.5. The molecule has 2 atom stereocenters. The van der Waals surface area contributed by atoms with Gasteiger partial charge in [0.15, 0.2) is 0 Å². The second-order valence-corrected chi connectivity index (χ2v) is 10.2. The third-order valence-corrected chi connectivity index (χ3v) is 7.61. The Morgan fingerprint density at radius 3 is 2.10 bits per heavy atom. The van der Waals surface area contributed by atoms with E-state index in [1.54, 1.807) is 0 Å². The minimum Gasteiger partial charge on any atom is -0.465 e. The quantitative estimate of drug-likeness (QED) is 0.678. The zero-order chi connectivity index (χ0) is 20.1. The first kappa shape index (κ1) is 18.9. The lowest BCUT2D eigenvalue weighted by atomic mass is 9.47. The normalized spacial score (nSPS) is 32.3. The van der Waals surface area contributed by atoms with Crippen LogP contribution in [0.25, 0.3) is 11.1 Å². The molecular weight excluding hydrogens is 358 g/mol. The number of carbonyl (C=O) groups excluding carboxylic acids is 1. The van der Waals surface area contributed by atoms with Gasteiger partial charge in [0.25, 0.3) is 0 Å². The van der Waals surface area contributed by atoms with E-state index in [4.69, 9.17) is 4.74 Å². The van der Waals surface area contributed by atoms with Crippen LogP contribution >= 0.6 is 0 Å². The molecule has 0 spiro atoms. The van der Waals surface area contributed by atoms with Crippen molar-refractivity contribution in [2.24, 2.45) is 17.3 Å². The van der Waals surface area contributed by atoms with Gasteiger partial charge >= 0.3 is 5.97 Å². The Morgan fingerprint density at radius 2 is 1.55 bits per heavy atom. The van der Waals surface area contributed by atoms with Gasteiger partial charge in [-0.1, -0.05) is 43.3 Å². The standard InChI is InChI=1S/C26H31NO2/c1-25-12-19-11-20(13-25)15-26(14-19,17-25)27-16-18-3-5-21(6-4-18)22-7-9-23(10-8-22)24(28)29-2/h3-10,19-20,27H,11-17H2,1-2H3. The monoisotopic (exact) mass is 389 g/mol. The molecule has 6 rings (SSSR count). The Hall–Kier alpha value is -2.13. The first-order valence-electron chi connectivity index (χ1n) is 11.0. The van der Waals surface area contributed by atoms with Crippen LogP contribution < -0.4 is 5.32 Å². The Bertz CT molecular complexity index is 885. The van der Waals surface area contributed by atoms with Crippen LogP contribution in [-0.4, -0.2) is 18.6 Å². The highest BCUT2D eigenvalue weighted by molar-refractivity contribution is 5.89. The van der Waals surface area contributed by atoms with Gasteiger partial charge < -0.3 is 10.1 Å². The molecule has 4 aliphatic rings. The highest BCUT2D eigenvalue weighted by Gasteiger charge is 2.55. The Morgan fingerprint density at radius 1 is 0.966 bits per heavy atom. The molecule has 152 valence electrons. The second-order valence-electron chi connectivity index (χ2n) is 10.2. The number of esters is 1. The molecule has 0 amide bonds. The SMILES string of the molecule is COC(=O)c1ccc(-c2ccc(CNC34CC5CC(CC(C)(C5)C3)C4)cc2)cc1. The fraction of sp³-hybridized carbons (Fsp3) is 0.500. The summed E-state index contributed by atoms with van der Waals surface area (Å²) in [6, 6.07) is 16.5. The smallest absolute Gasteiger partial charge is 0.337 e. The van der Waals surface area contributed by atoms with E-state index in [2.05, 4.69) is 36.5 Å². The minimum absolute atomic E-state index is 0.295. The lowest BCUT2D eigenvalue weighted by molar-refractivity contribution is -0.0726. The maximum absolute atomic E-state index is 11.6. The summed E-state index contributed by atoms with van der Waals surface area (Å²) in [4.78, 5) is 11.6. The maximum atomic E-state index is 11.6. The average Bonchev–Trinajstić information content (AvgIpc) is 2.70. The first-order chi connectivity index (χ1) is 14.0. The molecule has 2 aromatic carbocycles. The lowest BCUT2D eigenvalue weighted by Crippen LogP contribution is -2.61. The molecule has 0 aromatic heterocycles. The van der Waals surface area contributed by atoms with Crippen molar-refractivity contribution in [2.45, 2.75) is 57.5 Å². The van der Waals surface area contributed by atoms with Gasteiger partial charge in [0.05, 0.1) is 12.7 Å². The van der Waals surface area contributed by atoms with Crippen LogP contribution in [0.2, 0.25) is 0 Å². The maximum Gasteiger partial charge on any atom is 0.337 e. The van der Waals surface area contributed by atoms with E-state index < -0.39 is 0 Å². The van der Waals surface area contributed by atoms with E-state index in [1.807, 2.05) is 24.3 Å². The van der Waals surface area contributed by atoms with Gasteiger partial charge in [-0.25, -0.2) is 4.79 Å². The summed E-state index contributed by atoms with van der Waals surface area (Å²) < 4.78 is 4.77. The number of hydrogen-bond donors (Lipinski definition) is 1. The third-order valence-electron chi connectivity index (χ3n) is 7.61. The van der Waals surface area contributed by atoms with E-state index >= 15 is 0 Å². The summed E-state index contributed by atoms with van der Waals surface area (Å²) in [5.41, 5.74) is 5.18. The first-order valence-corrected chi connectivity index (χ1v) is 11.0. The number of hydrogen-bond acceptors (Lipinski definition) is 3. The van der Waals surface area contributed by atoms with Gasteiger partial charge in [-0.05, 0) is 84.6 Å². The molecule has 4 bridgehead atoms. The summed E-state index contributed by atoms with van der Waals surface area (Å²) in [7, 11) is 1.41. The highest BCUT2D eigenvalue weighted by Crippen LogP contribution is 2.61. The van der Waals surface area contributed by atoms with E-state index in [9.17, 15) is 4.79 Å². The largest absolute Gasteiger partial charge is 0.465 e. The molecule has 4 fully saturated rings. The van der Waals surface area contributed by atoms with Gasteiger partial charge in [-0.2, -0.15) is 0 Å². The molecule has 3 heteroatoms. The lowest BCUT2D eigenvalue weighted by Gasteiger charge is -2.61. The number of nitrogens with one attached hydrogen (secondary N) is 1. The van der Waals surface area contributed by atoms with Crippen molar-refractivity contribution in [3.8, 4) is 11.1 Å². The van der Waals surface area contributed by atoms with Crippen LogP contribution in [0.3, 0.4) is 0 Å². The van der Waals surface area contributed by atoms with Gasteiger partial charge in [-0.15, -0.1) is 0 Å². The zero-order valence-corrected chi connectivity index (χ0v) is 17.5. The van der Waals surface area contributed by atoms with Crippen LogP contribution in [0.4, 0.5) is 0 Å². The summed E-state index contributed by atoms with van der Waals surface area (Å²) in [6.45, 7) is 3.48. The predicted molar refractivity (Wildman–Crippen MR) is 116 cm³/mol. The van der Waals surface area contributed by atoms with Crippen LogP contribution in [0.1, 0.15) is 61.4 Å². The summed E-state index contributed by atoms with van der Waals surface area (Å²) >= 11 is 0. The number of rotatable bonds is 5. The number of ether oxygens (including phenoxy) is 1. The van der Waals surface area contributed by atoms with Crippen LogP contribution in [0.15, 0.2) is 48.5 Å². The average molecular weight is 390 g/mol. The molecule has 0 aliphatic heterocycles. The molecule has 1 N–H and O–H groups in total. The van der Waals surface area contributed by atoms with E-state index in [-0.39, 0.29) is 5.97 Å². The predicted octanol–water partition coefficient (Wildman–Crippen LogP) is 5.59. The minimum atomic E-state index is -0.295. The van der Waals surface area contributed by atoms with Crippen molar-refractivity contribution in [1.29, 1.82) is 0 Å². The molecule has 4 saturated carbocycles. The topological polar surface area (TPSA) is 38.3 Å². The summed E-state index contributed by atoms with van der Waals surface area (Å²) in [6.07, 6.45) is 8.50. The Balaban J connectivity index is 1.25. The van der Waals surface area contributed by atoms with E-state index in [0.717, 1.165) is 23.9 Å². The Labute approximate surface area is 173 Å². The number of methoxy groups -OCH3 is 1. The summed E-state index contributed by atoms with van der Waals surface area (Å²) in [5.74, 6) is 1.60. The van der Waals surface area contributed by atoms with Crippen molar-refractivity contribution in [2.75, 3.05) is 7.11 Å². The molecule has 0 radical (unpaired) electrons. The molecule has 2 aromatic rings. The van der Waals surface area contributed by atoms with Crippen molar-refractivity contribution < 1.29 is 9.53 Å². The van der Waals surface area contributed by atoms with Crippen LogP contribution in [0, 0.1) is 17.3 Å². The molecule has 29 heavy (non-hydrogen) atoms. The van der Waals surface area contributed by atoms with Gasteiger partial charge in [-0.3, -0.25) is 0 Å². The molecule has 2 unspecified atom stereocenters. The molecular formula is C26H31NO2. The van der Waals surface area contributed by atoms with Crippen molar-refractivity contribution in [1.82, 2.24) is 5.32 Å². The van der Waals surface area contributed by atoms with Crippen LogP contribution in [0.5, 0.6) is 0 Å². The molecule has 0 heterocycles. The van der Waals surface area contributed by atoms with Gasteiger partial charge in [0, 0.05) is 12.1 Å². The highest BCUT2D eigenvalue weighted by atomic mass is 16.5. The molecule has 4 aliphatic carbocycles.